The first kappa shape index (κ1) is 13.9. The largest absolute Gasteiger partial charge is 0.451 e. The minimum atomic E-state index is -0.292. The Morgan fingerprint density at radius 2 is 2.16 bits per heavy atom. The van der Waals surface area contributed by atoms with Gasteiger partial charge in [0.05, 0.1) is 0 Å². The second-order valence-electron chi connectivity index (χ2n) is 4.71. The molecule has 0 aliphatic heterocycles. The number of fused-ring (bicyclic) bond motifs is 1. The summed E-state index contributed by atoms with van der Waals surface area (Å²) in [5.74, 6) is -0.0582. The normalized spacial score (nSPS) is 14.3. The molecule has 1 aromatic carbocycles. The molecule has 0 aliphatic carbocycles. The Hall–Kier alpha value is -1.52. The van der Waals surface area contributed by atoms with Gasteiger partial charge in [-0.25, -0.2) is 0 Å². The van der Waals surface area contributed by atoms with Gasteiger partial charge in [0.25, 0.3) is 5.91 Å². The van der Waals surface area contributed by atoms with Gasteiger partial charge >= 0.3 is 0 Å². The lowest BCUT2D eigenvalue weighted by molar-refractivity contribution is 0.0890. The second-order valence-corrected chi connectivity index (χ2v) is 5.15. The predicted molar refractivity (Wildman–Crippen MR) is 74.4 cm³/mol. The highest BCUT2D eigenvalue weighted by Gasteiger charge is 2.18. The molecule has 5 heteroatoms. The monoisotopic (exact) mass is 281 g/mol. The zero-order chi connectivity index (χ0) is 14.0. The van der Waals surface area contributed by atoms with Crippen molar-refractivity contribution in [3.8, 4) is 0 Å². The number of carbonyl (C=O) groups is 1. The summed E-state index contributed by atoms with van der Waals surface area (Å²) in [6, 6.07) is 6.72. The summed E-state index contributed by atoms with van der Waals surface area (Å²) in [7, 11) is 0. The van der Waals surface area contributed by atoms with Crippen molar-refractivity contribution >= 4 is 28.5 Å². The molecule has 0 radical (unpaired) electrons. The fourth-order valence-electron chi connectivity index (χ4n) is 1.70. The second kappa shape index (κ2) is 5.63. The van der Waals surface area contributed by atoms with Crippen molar-refractivity contribution in [1.29, 1.82) is 0 Å². The third-order valence-corrected chi connectivity index (χ3v) is 3.44. The van der Waals surface area contributed by atoms with E-state index in [0.717, 1.165) is 5.39 Å². The van der Waals surface area contributed by atoms with E-state index >= 15 is 0 Å². The summed E-state index contributed by atoms with van der Waals surface area (Å²) in [4.78, 5) is 12.0. The van der Waals surface area contributed by atoms with Gasteiger partial charge in [0.1, 0.15) is 5.58 Å². The van der Waals surface area contributed by atoms with E-state index in [4.69, 9.17) is 21.1 Å². The summed E-state index contributed by atoms with van der Waals surface area (Å²) < 4.78 is 5.47. The van der Waals surface area contributed by atoms with Gasteiger partial charge in [0.2, 0.25) is 0 Å². The van der Waals surface area contributed by atoms with Crippen LogP contribution < -0.4 is 5.32 Å². The quantitative estimate of drug-likeness (QED) is 0.906. The zero-order valence-corrected chi connectivity index (χ0v) is 11.6. The number of amides is 1. The van der Waals surface area contributed by atoms with Gasteiger partial charge in [-0.3, -0.25) is 4.79 Å². The van der Waals surface area contributed by atoms with Crippen LogP contribution >= 0.6 is 11.6 Å². The van der Waals surface area contributed by atoms with E-state index in [2.05, 4.69) is 5.32 Å². The molecule has 4 nitrogen and oxygen atoms in total. The van der Waals surface area contributed by atoms with E-state index in [0.29, 0.717) is 10.6 Å². The fourth-order valence-corrected chi connectivity index (χ4v) is 1.88. The Bertz CT molecular complexity index is 593. The minimum absolute atomic E-state index is 0.0113. The van der Waals surface area contributed by atoms with Crippen LogP contribution in [0.25, 0.3) is 11.0 Å². The molecular formula is C14H16ClNO3. The first-order valence-corrected chi connectivity index (χ1v) is 6.50. The lowest BCUT2D eigenvalue weighted by Crippen LogP contribution is -2.38. The molecule has 2 rings (SSSR count). The maximum atomic E-state index is 12.0. The van der Waals surface area contributed by atoms with Crippen molar-refractivity contribution in [3.63, 3.8) is 0 Å². The van der Waals surface area contributed by atoms with Gasteiger partial charge in [0.15, 0.2) is 5.76 Å². The van der Waals surface area contributed by atoms with Gasteiger partial charge in [-0.2, -0.15) is 0 Å². The highest BCUT2D eigenvalue weighted by atomic mass is 35.5. The highest BCUT2D eigenvalue weighted by Crippen LogP contribution is 2.23. The fraction of sp³-hybridized carbons (Fsp3) is 0.357. The first-order chi connectivity index (χ1) is 9.01. The first-order valence-electron chi connectivity index (χ1n) is 6.12. The lowest BCUT2D eigenvalue weighted by Gasteiger charge is -2.18. The van der Waals surface area contributed by atoms with Gasteiger partial charge in [-0.15, -0.1) is 0 Å². The SMILES string of the molecule is CC(CO)C(C)NC(=O)c1cc2cc(Cl)ccc2o1. The molecule has 19 heavy (non-hydrogen) atoms. The number of rotatable bonds is 4. The van der Waals surface area contributed by atoms with E-state index in [1.54, 1.807) is 24.3 Å². The molecule has 0 saturated carbocycles. The summed E-state index contributed by atoms with van der Waals surface area (Å²) in [5, 5.41) is 13.2. The summed E-state index contributed by atoms with van der Waals surface area (Å²) in [6.07, 6.45) is 0. The maximum absolute atomic E-state index is 12.0. The number of nitrogens with one attached hydrogen (secondary N) is 1. The minimum Gasteiger partial charge on any atom is -0.451 e. The van der Waals surface area contributed by atoms with Crippen molar-refractivity contribution in [1.82, 2.24) is 5.32 Å². The van der Waals surface area contributed by atoms with Crippen LogP contribution in [0.2, 0.25) is 5.02 Å². The number of furan rings is 1. The van der Waals surface area contributed by atoms with Crippen LogP contribution in [-0.2, 0) is 0 Å². The topological polar surface area (TPSA) is 62.5 Å². The molecule has 0 fully saturated rings. The van der Waals surface area contributed by atoms with E-state index in [1.807, 2.05) is 13.8 Å². The standard InChI is InChI=1S/C14H16ClNO3/c1-8(7-17)9(2)16-14(18)13-6-10-5-11(15)3-4-12(10)19-13/h3-6,8-9,17H,7H2,1-2H3,(H,16,18). The number of benzene rings is 1. The Morgan fingerprint density at radius 1 is 1.42 bits per heavy atom. The molecule has 0 saturated heterocycles. The molecule has 1 heterocycles. The molecule has 1 aromatic heterocycles. The van der Waals surface area contributed by atoms with Gasteiger partial charge in [-0.1, -0.05) is 18.5 Å². The van der Waals surface area contributed by atoms with Crippen LogP contribution in [0.5, 0.6) is 0 Å². The van der Waals surface area contributed by atoms with Crippen molar-refractivity contribution in [3.05, 3.63) is 35.0 Å². The van der Waals surface area contributed by atoms with Crippen LogP contribution in [0.1, 0.15) is 24.4 Å². The van der Waals surface area contributed by atoms with E-state index in [-0.39, 0.29) is 30.2 Å². The number of hydrogen-bond acceptors (Lipinski definition) is 3. The van der Waals surface area contributed by atoms with E-state index < -0.39 is 0 Å². The highest BCUT2D eigenvalue weighted by molar-refractivity contribution is 6.31. The Kier molecular flexibility index (Phi) is 4.12. The van der Waals surface area contributed by atoms with Crippen molar-refractivity contribution < 1.29 is 14.3 Å². The Labute approximate surface area is 116 Å². The average molecular weight is 282 g/mol. The number of halogens is 1. The van der Waals surface area contributed by atoms with Crippen LogP contribution in [0.4, 0.5) is 0 Å². The number of aliphatic hydroxyl groups is 1. The molecule has 2 N–H and O–H groups in total. The molecule has 0 aliphatic rings. The zero-order valence-electron chi connectivity index (χ0n) is 10.8. The molecule has 2 aromatic rings. The van der Waals surface area contributed by atoms with Gasteiger partial charge < -0.3 is 14.8 Å². The van der Waals surface area contributed by atoms with Crippen LogP contribution in [-0.4, -0.2) is 23.7 Å². The van der Waals surface area contributed by atoms with E-state index in [9.17, 15) is 4.79 Å². The van der Waals surface area contributed by atoms with Gasteiger partial charge in [-0.05, 0) is 37.1 Å². The van der Waals surface area contributed by atoms with Crippen LogP contribution in [0.15, 0.2) is 28.7 Å². The van der Waals surface area contributed by atoms with Crippen LogP contribution in [0.3, 0.4) is 0 Å². The molecule has 102 valence electrons. The molecule has 0 bridgehead atoms. The van der Waals surface area contributed by atoms with Crippen molar-refractivity contribution in [2.75, 3.05) is 6.61 Å². The number of aliphatic hydroxyl groups excluding tert-OH is 1. The summed E-state index contributed by atoms with van der Waals surface area (Å²) in [5.41, 5.74) is 0.623. The Morgan fingerprint density at radius 3 is 2.84 bits per heavy atom. The summed E-state index contributed by atoms with van der Waals surface area (Å²) in [6.45, 7) is 3.73. The van der Waals surface area contributed by atoms with Crippen LogP contribution in [0, 0.1) is 5.92 Å². The predicted octanol–water partition coefficient (Wildman–Crippen LogP) is 2.83. The van der Waals surface area contributed by atoms with Gasteiger partial charge in [0, 0.05) is 23.1 Å². The molecule has 2 unspecified atom stereocenters. The number of carbonyl (C=O) groups excluding carboxylic acids is 1. The van der Waals surface area contributed by atoms with Crippen molar-refractivity contribution in [2.24, 2.45) is 5.92 Å². The summed E-state index contributed by atoms with van der Waals surface area (Å²) >= 11 is 5.88. The van der Waals surface area contributed by atoms with Crippen molar-refractivity contribution in [2.45, 2.75) is 19.9 Å². The molecule has 0 spiro atoms. The molecule has 2 atom stereocenters. The molecule has 1 amide bonds. The third-order valence-electron chi connectivity index (χ3n) is 3.20. The lowest BCUT2D eigenvalue weighted by atomic mass is 10.1. The third kappa shape index (κ3) is 3.08. The number of hydrogen-bond donors (Lipinski definition) is 2. The Balaban J connectivity index is 2.17. The maximum Gasteiger partial charge on any atom is 0.287 e. The smallest absolute Gasteiger partial charge is 0.287 e. The average Bonchev–Trinajstić information content (AvgIpc) is 2.80. The molecular weight excluding hydrogens is 266 g/mol. The van der Waals surface area contributed by atoms with E-state index in [1.165, 1.54) is 0 Å².